The molecule has 43 heavy (non-hydrogen) atoms. The van der Waals surface area contributed by atoms with E-state index in [1.54, 1.807) is 0 Å². The molecular formula is C32H36F5NO5. The van der Waals surface area contributed by atoms with Crippen LogP contribution < -0.4 is 9.47 Å². The van der Waals surface area contributed by atoms with Crippen LogP contribution in [0.4, 0.5) is 22.0 Å². The number of hydrogen-bond donors (Lipinski definition) is 1. The summed E-state index contributed by atoms with van der Waals surface area (Å²) in [6, 6.07) is 10.4. The van der Waals surface area contributed by atoms with Crippen LogP contribution in [0.3, 0.4) is 0 Å². The Hall–Kier alpha value is -3.37. The zero-order valence-corrected chi connectivity index (χ0v) is 24.2. The molecule has 0 spiro atoms. The summed E-state index contributed by atoms with van der Waals surface area (Å²) in [5.41, 5.74) is -5.85. The third-order valence-corrected chi connectivity index (χ3v) is 9.55. The molecular weight excluding hydrogens is 573 g/mol. The van der Waals surface area contributed by atoms with Crippen LogP contribution in [0, 0.1) is 5.92 Å². The molecule has 1 saturated heterocycles. The molecule has 5 rings (SSSR count). The average Bonchev–Trinajstić information content (AvgIpc) is 2.97. The Bertz CT molecular complexity index is 1350. The van der Waals surface area contributed by atoms with Crippen molar-refractivity contribution in [3.8, 4) is 11.5 Å². The van der Waals surface area contributed by atoms with Crippen LogP contribution in [0.15, 0.2) is 42.5 Å². The van der Waals surface area contributed by atoms with Gasteiger partial charge in [-0.1, -0.05) is 24.3 Å². The maximum Gasteiger partial charge on any atom is 0.426 e. The number of benzene rings is 2. The zero-order valence-electron chi connectivity index (χ0n) is 24.2. The Labute approximate surface area is 247 Å². The number of aliphatic carboxylic acids is 1. The summed E-state index contributed by atoms with van der Waals surface area (Å²) in [7, 11) is 0. The summed E-state index contributed by atoms with van der Waals surface area (Å²) in [6.45, 7) is 2.97. The molecule has 234 valence electrons. The van der Waals surface area contributed by atoms with E-state index < -0.39 is 52.3 Å². The number of nitrogens with zero attached hydrogens (tertiary/aromatic N) is 1. The molecule has 2 fully saturated rings. The number of piperidine rings is 1. The van der Waals surface area contributed by atoms with E-state index in [2.05, 4.69) is 0 Å². The highest BCUT2D eigenvalue weighted by atomic mass is 19.4. The van der Waals surface area contributed by atoms with Gasteiger partial charge in [0, 0.05) is 23.1 Å². The molecule has 1 N–H and O–H groups in total. The molecule has 3 aliphatic rings. The molecule has 1 aliphatic carbocycles. The van der Waals surface area contributed by atoms with Crippen LogP contribution in [0.25, 0.3) is 0 Å². The quantitative estimate of drug-likeness (QED) is 0.355. The monoisotopic (exact) mass is 609 g/mol. The first-order chi connectivity index (χ1) is 20.2. The molecule has 2 aliphatic heterocycles. The van der Waals surface area contributed by atoms with Gasteiger partial charge in [0.1, 0.15) is 18.1 Å². The van der Waals surface area contributed by atoms with E-state index in [4.69, 9.17) is 9.47 Å². The zero-order chi connectivity index (χ0) is 31.2. The maximum absolute atomic E-state index is 16.2. The van der Waals surface area contributed by atoms with E-state index in [-0.39, 0.29) is 44.6 Å². The van der Waals surface area contributed by atoms with Crippen molar-refractivity contribution < 1.29 is 46.1 Å². The molecule has 0 aromatic heterocycles. The molecule has 3 atom stereocenters. The first kappa shape index (κ1) is 31.1. The third kappa shape index (κ3) is 5.55. The van der Waals surface area contributed by atoms with Crippen molar-refractivity contribution in [1.29, 1.82) is 0 Å². The normalized spacial score (nSPS) is 28.6. The second-order valence-electron chi connectivity index (χ2n) is 12.1. The largest absolute Gasteiger partial charge is 0.494 e. The summed E-state index contributed by atoms with van der Waals surface area (Å²) in [5, 5.41) is 9.35. The predicted molar refractivity (Wildman–Crippen MR) is 148 cm³/mol. The van der Waals surface area contributed by atoms with Gasteiger partial charge in [-0.3, -0.25) is 9.59 Å². The van der Waals surface area contributed by atoms with E-state index in [1.807, 2.05) is 31.2 Å². The van der Waals surface area contributed by atoms with Crippen LogP contribution in [-0.2, 0) is 27.1 Å². The molecule has 0 bridgehead atoms. The minimum Gasteiger partial charge on any atom is -0.494 e. The number of carbonyl (C=O) groups is 2. The molecule has 0 radical (unpaired) electrons. The Morgan fingerprint density at radius 3 is 2.35 bits per heavy atom. The summed E-state index contributed by atoms with van der Waals surface area (Å²) in [6.07, 6.45) is -4.03. The van der Waals surface area contributed by atoms with E-state index in [0.29, 0.717) is 44.1 Å². The van der Waals surface area contributed by atoms with Crippen molar-refractivity contribution >= 4 is 11.9 Å². The van der Waals surface area contributed by atoms with Gasteiger partial charge in [0.25, 0.3) is 5.91 Å². The molecule has 1 saturated carbocycles. The van der Waals surface area contributed by atoms with Crippen LogP contribution in [0.5, 0.6) is 11.5 Å². The summed E-state index contributed by atoms with van der Waals surface area (Å²) in [5.74, 6) is -1.64. The number of carbonyl (C=O) groups excluding carboxylic acids is 1. The van der Waals surface area contributed by atoms with Gasteiger partial charge in [-0.05, 0) is 82.6 Å². The fraction of sp³-hybridized carbons (Fsp3) is 0.562. The summed E-state index contributed by atoms with van der Waals surface area (Å²) < 4.78 is 83.3. The standard InChI is InChI=1S/C32H36F5NO5/c1-3-42-23-8-5-20(6-9-23)18-30-13-4-16-38(28(41)31(34)14-11-21(12-15-31)27(39)40)26(30)19-43-25-17-22(7-10-24(25)30)29(2,33)32(35,36)37/h5-10,17,21,26H,3-4,11-16,18-19H2,1-2H3,(H,39,40). The van der Waals surface area contributed by atoms with Gasteiger partial charge in [-0.15, -0.1) is 0 Å². The lowest BCUT2D eigenvalue weighted by Crippen LogP contribution is -2.65. The number of hydrogen-bond acceptors (Lipinski definition) is 4. The number of likely N-dealkylation sites (tertiary alicyclic amines) is 1. The Balaban J connectivity index is 1.54. The van der Waals surface area contributed by atoms with E-state index in [1.165, 1.54) is 11.0 Å². The van der Waals surface area contributed by atoms with Crippen molar-refractivity contribution in [1.82, 2.24) is 4.90 Å². The van der Waals surface area contributed by atoms with Crippen LogP contribution in [-0.4, -0.2) is 59.5 Å². The first-order valence-corrected chi connectivity index (χ1v) is 14.7. The lowest BCUT2D eigenvalue weighted by Gasteiger charge is -2.54. The second-order valence-corrected chi connectivity index (χ2v) is 12.1. The minimum absolute atomic E-state index is 0.0523. The number of carboxylic acid groups (broad SMARTS) is 1. The van der Waals surface area contributed by atoms with Gasteiger partial charge < -0.3 is 19.5 Å². The second kappa shape index (κ2) is 11.3. The van der Waals surface area contributed by atoms with Gasteiger partial charge in [0.05, 0.1) is 18.6 Å². The number of fused-ring (bicyclic) bond motifs is 3. The number of ether oxygens (including phenoxy) is 2. The van der Waals surface area contributed by atoms with Crippen molar-refractivity contribution in [2.24, 2.45) is 5.92 Å². The Morgan fingerprint density at radius 1 is 1.07 bits per heavy atom. The van der Waals surface area contributed by atoms with Crippen molar-refractivity contribution in [2.45, 2.75) is 87.8 Å². The fourth-order valence-electron chi connectivity index (χ4n) is 7.00. The molecule has 6 nitrogen and oxygen atoms in total. The van der Waals surface area contributed by atoms with Gasteiger partial charge >= 0.3 is 12.1 Å². The van der Waals surface area contributed by atoms with E-state index >= 15 is 4.39 Å². The maximum atomic E-state index is 16.2. The molecule has 2 aromatic rings. The van der Waals surface area contributed by atoms with Gasteiger partial charge in [0.2, 0.25) is 5.67 Å². The number of rotatable bonds is 7. The van der Waals surface area contributed by atoms with E-state index in [0.717, 1.165) is 17.7 Å². The highest BCUT2D eigenvalue weighted by Gasteiger charge is 2.57. The van der Waals surface area contributed by atoms with Crippen molar-refractivity contribution in [2.75, 3.05) is 19.8 Å². The average molecular weight is 610 g/mol. The summed E-state index contributed by atoms with van der Waals surface area (Å²) in [4.78, 5) is 26.8. The van der Waals surface area contributed by atoms with Crippen molar-refractivity contribution in [3.05, 3.63) is 59.2 Å². The van der Waals surface area contributed by atoms with Gasteiger partial charge in [0.15, 0.2) is 5.67 Å². The van der Waals surface area contributed by atoms with Crippen LogP contribution in [0.1, 0.15) is 69.1 Å². The third-order valence-electron chi connectivity index (χ3n) is 9.55. The highest BCUT2D eigenvalue weighted by molar-refractivity contribution is 5.86. The smallest absolute Gasteiger partial charge is 0.426 e. The number of halogens is 5. The number of carboxylic acids is 1. The van der Waals surface area contributed by atoms with Gasteiger partial charge in [-0.25, -0.2) is 8.78 Å². The Morgan fingerprint density at radius 2 is 1.74 bits per heavy atom. The molecule has 3 unspecified atom stereocenters. The number of amides is 1. The first-order valence-electron chi connectivity index (χ1n) is 14.7. The lowest BCUT2D eigenvalue weighted by molar-refractivity contribution is -0.228. The SMILES string of the molecule is CCOc1ccc(CC23CCCN(C(=O)C4(F)CCC(C(=O)O)CC4)C2COc2cc(C(C)(F)C(F)(F)F)ccc23)cc1. The molecule has 2 heterocycles. The van der Waals surface area contributed by atoms with Crippen LogP contribution in [0.2, 0.25) is 0 Å². The highest BCUT2D eigenvalue weighted by Crippen LogP contribution is 2.52. The Kier molecular flexibility index (Phi) is 8.15. The predicted octanol–water partition coefficient (Wildman–Crippen LogP) is 6.68. The van der Waals surface area contributed by atoms with Crippen molar-refractivity contribution in [3.63, 3.8) is 0 Å². The molecule has 2 aromatic carbocycles. The number of alkyl halides is 5. The van der Waals surface area contributed by atoms with Gasteiger partial charge in [-0.2, -0.15) is 13.2 Å². The lowest BCUT2D eigenvalue weighted by atomic mass is 9.63. The van der Waals surface area contributed by atoms with Crippen LogP contribution >= 0.6 is 0 Å². The molecule has 11 heteroatoms. The minimum atomic E-state index is -5.14. The topological polar surface area (TPSA) is 76.1 Å². The summed E-state index contributed by atoms with van der Waals surface area (Å²) >= 11 is 0. The molecule has 1 amide bonds. The van der Waals surface area contributed by atoms with E-state index in [9.17, 15) is 32.3 Å². The fourth-order valence-corrected chi connectivity index (χ4v) is 7.00.